The van der Waals surface area contributed by atoms with E-state index in [0.717, 1.165) is 42.2 Å². The molecule has 1 amide bonds. The number of hydrogen-bond acceptors (Lipinski definition) is 4. The largest absolute Gasteiger partial charge is 0.497 e. The van der Waals surface area contributed by atoms with Crippen molar-refractivity contribution < 1.29 is 14.3 Å². The van der Waals surface area contributed by atoms with Gasteiger partial charge in [-0.1, -0.05) is 12.1 Å². The summed E-state index contributed by atoms with van der Waals surface area (Å²) < 4.78 is 12.5. The second-order valence-electron chi connectivity index (χ2n) is 5.78. The number of aromatic nitrogens is 2. The molecule has 1 aliphatic rings. The van der Waals surface area contributed by atoms with Crippen LogP contribution in [0.5, 0.6) is 5.75 Å². The lowest BCUT2D eigenvalue weighted by Gasteiger charge is -2.19. The highest BCUT2D eigenvalue weighted by atomic mass is 16.5. The van der Waals surface area contributed by atoms with Crippen molar-refractivity contribution >= 4 is 5.91 Å². The topological polar surface area (TPSA) is 56.6 Å². The first-order valence-electron chi connectivity index (χ1n) is 8.28. The van der Waals surface area contributed by atoms with Gasteiger partial charge in [-0.2, -0.15) is 5.10 Å². The Bertz CT molecular complexity index is 711. The number of ether oxygens (including phenoxy) is 2. The zero-order chi connectivity index (χ0) is 16.9. The Morgan fingerprint density at radius 3 is 2.96 bits per heavy atom. The van der Waals surface area contributed by atoms with Crippen molar-refractivity contribution in [3.8, 4) is 17.0 Å². The van der Waals surface area contributed by atoms with E-state index in [1.54, 1.807) is 7.11 Å². The molecule has 0 atom stereocenters. The van der Waals surface area contributed by atoms with Crippen LogP contribution in [-0.2, 0) is 22.6 Å². The molecule has 0 fully saturated rings. The summed E-state index contributed by atoms with van der Waals surface area (Å²) in [5.41, 5.74) is 2.97. The van der Waals surface area contributed by atoms with Gasteiger partial charge in [0.2, 0.25) is 5.91 Å². The second-order valence-corrected chi connectivity index (χ2v) is 5.78. The number of methoxy groups -OCH3 is 1. The van der Waals surface area contributed by atoms with Gasteiger partial charge in [0.05, 0.1) is 25.0 Å². The van der Waals surface area contributed by atoms with Crippen LogP contribution < -0.4 is 4.74 Å². The number of carbonyl (C=O) groups is 1. The Hall–Kier alpha value is -2.34. The van der Waals surface area contributed by atoms with E-state index < -0.39 is 0 Å². The van der Waals surface area contributed by atoms with Gasteiger partial charge in [0, 0.05) is 25.3 Å². The van der Waals surface area contributed by atoms with Crippen LogP contribution in [0.4, 0.5) is 0 Å². The van der Waals surface area contributed by atoms with Crippen molar-refractivity contribution in [3.05, 3.63) is 36.0 Å². The van der Waals surface area contributed by atoms with Crippen LogP contribution in [0, 0.1) is 0 Å². The maximum Gasteiger partial charge on any atom is 0.248 e. The highest BCUT2D eigenvalue weighted by Gasteiger charge is 2.21. The third kappa shape index (κ3) is 3.59. The summed E-state index contributed by atoms with van der Waals surface area (Å²) in [5, 5.41) is 4.70. The molecule has 1 aliphatic heterocycles. The number of fused-ring (bicyclic) bond motifs is 1. The lowest BCUT2D eigenvalue weighted by atomic mass is 10.1. The maximum atomic E-state index is 12.2. The van der Waals surface area contributed by atoms with Crippen LogP contribution >= 0.6 is 0 Å². The van der Waals surface area contributed by atoms with Gasteiger partial charge in [-0.25, -0.2) is 0 Å². The fraction of sp³-hybridized carbons (Fsp3) is 0.444. The standard InChI is InChI=1S/C18H23N3O3/c1-3-24-13-18(22)20-8-5-9-21-15(12-20)11-17(19-21)14-6-4-7-16(10-14)23-2/h4,6-7,10-11H,3,5,8-9,12-13H2,1-2H3. The molecular weight excluding hydrogens is 306 g/mol. The van der Waals surface area contributed by atoms with E-state index >= 15 is 0 Å². The number of hydrogen-bond donors (Lipinski definition) is 0. The minimum Gasteiger partial charge on any atom is -0.497 e. The molecule has 0 N–H and O–H groups in total. The average molecular weight is 329 g/mol. The molecule has 1 aromatic heterocycles. The van der Waals surface area contributed by atoms with Crippen molar-refractivity contribution in [2.24, 2.45) is 0 Å². The smallest absolute Gasteiger partial charge is 0.248 e. The molecule has 2 heterocycles. The second kappa shape index (κ2) is 7.49. The molecule has 0 aliphatic carbocycles. The molecule has 0 saturated heterocycles. The van der Waals surface area contributed by atoms with Gasteiger partial charge in [0.1, 0.15) is 12.4 Å². The molecule has 128 valence electrons. The van der Waals surface area contributed by atoms with E-state index in [-0.39, 0.29) is 12.5 Å². The quantitative estimate of drug-likeness (QED) is 0.845. The molecule has 24 heavy (non-hydrogen) atoms. The molecule has 0 spiro atoms. The molecule has 0 saturated carbocycles. The van der Waals surface area contributed by atoms with Crippen LogP contribution in [0.3, 0.4) is 0 Å². The van der Waals surface area contributed by atoms with Crippen molar-refractivity contribution in [3.63, 3.8) is 0 Å². The van der Waals surface area contributed by atoms with E-state index in [1.165, 1.54) is 0 Å². The summed E-state index contributed by atoms with van der Waals surface area (Å²) in [6, 6.07) is 9.92. The summed E-state index contributed by atoms with van der Waals surface area (Å²) in [5.74, 6) is 0.846. The van der Waals surface area contributed by atoms with Gasteiger partial charge < -0.3 is 14.4 Å². The average Bonchev–Trinajstić information content (AvgIpc) is 2.91. The van der Waals surface area contributed by atoms with Crippen LogP contribution in [0.2, 0.25) is 0 Å². The number of amides is 1. The molecule has 6 heteroatoms. The predicted molar refractivity (Wildman–Crippen MR) is 90.7 cm³/mol. The van der Waals surface area contributed by atoms with Crippen molar-refractivity contribution in [1.29, 1.82) is 0 Å². The number of nitrogens with zero attached hydrogens (tertiary/aromatic N) is 3. The molecule has 1 aromatic carbocycles. The maximum absolute atomic E-state index is 12.2. The van der Waals surface area contributed by atoms with E-state index in [4.69, 9.17) is 14.6 Å². The van der Waals surface area contributed by atoms with Gasteiger partial charge in [-0.15, -0.1) is 0 Å². The Morgan fingerprint density at radius 2 is 2.17 bits per heavy atom. The van der Waals surface area contributed by atoms with Crippen molar-refractivity contribution in [1.82, 2.24) is 14.7 Å². The van der Waals surface area contributed by atoms with Crippen LogP contribution in [-0.4, -0.2) is 47.5 Å². The summed E-state index contributed by atoms with van der Waals surface area (Å²) in [4.78, 5) is 14.1. The highest BCUT2D eigenvalue weighted by molar-refractivity contribution is 5.77. The first-order valence-corrected chi connectivity index (χ1v) is 8.28. The normalized spacial score (nSPS) is 14.2. The minimum absolute atomic E-state index is 0.0365. The van der Waals surface area contributed by atoms with Crippen LogP contribution in [0.1, 0.15) is 19.0 Å². The SMILES string of the molecule is CCOCC(=O)N1CCCn2nc(-c3cccc(OC)c3)cc2C1. The lowest BCUT2D eigenvalue weighted by Crippen LogP contribution is -2.33. The van der Waals surface area contributed by atoms with Crippen molar-refractivity contribution in [2.75, 3.05) is 26.9 Å². The zero-order valence-electron chi connectivity index (χ0n) is 14.2. The number of rotatable bonds is 5. The summed E-state index contributed by atoms with van der Waals surface area (Å²) in [7, 11) is 1.66. The Kier molecular flexibility index (Phi) is 5.15. The monoisotopic (exact) mass is 329 g/mol. The fourth-order valence-corrected chi connectivity index (χ4v) is 2.88. The van der Waals surface area contributed by atoms with Gasteiger partial charge in [-0.3, -0.25) is 9.48 Å². The van der Waals surface area contributed by atoms with E-state index in [2.05, 4.69) is 6.07 Å². The van der Waals surface area contributed by atoms with Crippen molar-refractivity contribution in [2.45, 2.75) is 26.4 Å². The lowest BCUT2D eigenvalue weighted by molar-refractivity contribution is -0.136. The molecule has 6 nitrogen and oxygen atoms in total. The van der Waals surface area contributed by atoms with E-state index in [0.29, 0.717) is 13.2 Å². The zero-order valence-corrected chi connectivity index (χ0v) is 14.2. The number of aryl methyl sites for hydroxylation is 1. The van der Waals surface area contributed by atoms with E-state index in [9.17, 15) is 4.79 Å². The van der Waals surface area contributed by atoms with Crippen LogP contribution in [0.25, 0.3) is 11.3 Å². The third-order valence-corrected chi connectivity index (χ3v) is 4.16. The van der Waals surface area contributed by atoms with Gasteiger partial charge in [0.15, 0.2) is 0 Å². The van der Waals surface area contributed by atoms with Gasteiger partial charge >= 0.3 is 0 Å². The minimum atomic E-state index is 0.0365. The highest BCUT2D eigenvalue weighted by Crippen LogP contribution is 2.25. The first kappa shape index (κ1) is 16.5. The number of benzene rings is 1. The molecule has 0 unspecified atom stereocenters. The third-order valence-electron chi connectivity index (χ3n) is 4.16. The molecular formula is C18H23N3O3. The predicted octanol–water partition coefficient (Wildman–Crippen LogP) is 2.33. The first-order chi connectivity index (χ1) is 11.7. The Balaban J connectivity index is 1.80. The van der Waals surface area contributed by atoms with Gasteiger partial charge in [0.25, 0.3) is 0 Å². The summed E-state index contributed by atoms with van der Waals surface area (Å²) in [6.07, 6.45) is 0.893. The molecule has 3 rings (SSSR count). The van der Waals surface area contributed by atoms with Gasteiger partial charge in [-0.05, 0) is 31.5 Å². The molecule has 0 bridgehead atoms. The Morgan fingerprint density at radius 1 is 1.29 bits per heavy atom. The Labute approximate surface area is 142 Å². The summed E-state index contributed by atoms with van der Waals surface area (Å²) in [6.45, 7) is 4.72. The fourth-order valence-electron chi connectivity index (χ4n) is 2.88. The van der Waals surface area contributed by atoms with E-state index in [1.807, 2.05) is 40.8 Å². The molecule has 0 radical (unpaired) electrons. The van der Waals surface area contributed by atoms with Crippen LogP contribution in [0.15, 0.2) is 30.3 Å². The number of carbonyl (C=O) groups excluding carboxylic acids is 1. The summed E-state index contributed by atoms with van der Waals surface area (Å²) >= 11 is 0. The molecule has 2 aromatic rings.